The number of aliphatic hydroxyl groups excluding tert-OH is 1. The summed E-state index contributed by atoms with van der Waals surface area (Å²) >= 11 is 0. The average molecular weight is 290 g/mol. The van der Waals surface area contributed by atoms with Crippen LogP contribution < -0.4 is 5.32 Å². The van der Waals surface area contributed by atoms with Crippen LogP contribution in [0, 0.1) is 0 Å². The molecule has 3 rings (SSSR count). The summed E-state index contributed by atoms with van der Waals surface area (Å²) in [7, 11) is 0. The minimum Gasteiger partial charge on any atom is -0.467 e. The zero-order valence-corrected chi connectivity index (χ0v) is 11.7. The first kappa shape index (κ1) is 13.7. The van der Waals surface area contributed by atoms with Crippen molar-refractivity contribution in [2.24, 2.45) is 0 Å². The van der Waals surface area contributed by atoms with Crippen LogP contribution >= 0.6 is 0 Å². The van der Waals surface area contributed by atoms with Crippen LogP contribution in [-0.2, 0) is 26.2 Å². The molecule has 0 atom stereocenters. The molecular formula is C14H18N4O3. The summed E-state index contributed by atoms with van der Waals surface area (Å²) in [5, 5.41) is 16.3. The summed E-state index contributed by atoms with van der Waals surface area (Å²) in [4.78, 5) is 14.0. The summed E-state index contributed by atoms with van der Waals surface area (Å²) < 4.78 is 7.06. The minimum absolute atomic E-state index is 0.0787. The summed E-state index contributed by atoms with van der Waals surface area (Å²) in [6.45, 7) is 2.24. The smallest absolute Gasteiger partial charge is 0.318 e. The van der Waals surface area contributed by atoms with E-state index in [1.54, 1.807) is 17.2 Å². The van der Waals surface area contributed by atoms with Gasteiger partial charge in [-0.05, 0) is 24.6 Å². The van der Waals surface area contributed by atoms with E-state index in [9.17, 15) is 4.79 Å². The Labute approximate surface area is 122 Å². The molecule has 3 heterocycles. The average Bonchev–Trinajstić information content (AvgIpc) is 3.10. The van der Waals surface area contributed by atoms with E-state index in [0.29, 0.717) is 25.3 Å². The second-order valence-corrected chi connectivity index (χ2v) is 5.02. The van der Waals surface area contributed by atoms with E-state index in [-0.39, 0.29) is 12.6 Å². The number of aromatic nitrogens is 2. The number of fused-ring (bicyclic) bond motifs is 1. The first-order chi connectivity index (χ1) is 10.3. The van der Waals surface area contributed by atoms with Gasteiger partial charge in [-0.15, -0.1) is 0 Å². The maximum atomic E-state index is 12.2. The van der Waals surface area contributed by atoms with Crippen molar-refractivity contribution < 1.29 is 14.3 Å². The molecule has 21 heavy (non-hydrogen) atoms. The second-order valence-electron chi connectivity index (χ2n) is 5.02. The molecule has 0 radical (unpaired) electrons. The van der Waals surface area contributed by atoms with E-state index in [1.807, 2.05) is 16.8 Å². The van der Waals surface area contributed by atoms with Crippen molar-refractivity contribution in [2.75, 3.05) is 6.54 Å². The maximum Gasteiger partial charge on any atom is 0.318 e. The molecule has 2 amide bonds. The maximum absolute atomic E-state index is 12.2. The number of aliphatic hydroxyl groups is 1. The summed E-state index contributed by atoms with van der Waals surface area (Å²) in [5.41, 5.74) is 1.59. The number of urea groups is 1. The van der Waals surface area contributed by atoms with Crippen molar-refractivity contribution >= 4 is 6.03 Å². The van der Waals surface area contributed by atoms with Crippen LogP contribution in [0.15, 0.2) is 28.9 Å². The molecule has 7 heteroatoms. The second kappa shape index (κ2) is 6.01. The van der Waals surface area contributed by atoms with Crippen molar-refractivity contribution in [1.29, 1.82) is 0 Å². The van der Waals surface area contributed by atoms with Gasteiger partial charge in [0.2, 0.25) is 0 Å². The summed E-state index contributed by atoms with van der Waals surface area (Å²) in [6, 6.07) is 5.35. The molecule has 0 fully saturated rings. The highest BCUT2D eigenvalue weighted by Crippen LogP contribution is 2.14. The Morgan fingerprint density at radius 2 is 2.38 bits per heavy atom. The van der Waals surface area contributed by atoms with E-state index in [1.165, 1.54) is 0 Å². The van der Waals surface area contributed by atoms with Crippen LogP contribution in [0.4, 0.5) is 4.79 Å². The molecule has 0 aliphatic carbocycles. The number of aryl methyl sites for hydroxylation is 1. The Morgan fingerprint density at radius 1 is 1.48 bits per heavy atom. The summed E-state index contributed by atoms with van der Waals surface area (Å²) in [6.07, 6.45) is 2.43. The zero-order chi connectivity index (χ0) is 14.7. The lowest BCUT2D eigenvalue weighted by Crippen LogP contribution is -2.39. The van der Waals surface area contributed by atoms with Crippen LogP contribution in [0.5, 0.6) is 0 Å². The fourth-order valence-electron chi connectivity index (χ4n) is 2.46. The third-order valence-corrected chi connectivity index (χ3v) is 3.51. The number of carbonyl (C=O) groups is 1. The first-order valence-corrected chi connectivity index (χ1v) is 6.98. The normalized spacial score (nSPS) is 14.6. The van der Waals surface area contributed by atoms with E-state index >= 15 is 0 Å². The molecule has 2 aromatic rings. The van der Waals surface area contributed by atoms with Crippen molar-refractivity contribution in [1.82, 2.24) is 20.0 Å². The highest BCUT2D eigenvalue weighted by molar-refractivity contribution is 5.74. The quantitative estimate of drug-likeness (QED) is 0.886. The third-order valence-electron chi connectivity index (χ3n) is 3.51. The lowest BCUT2D eigenvalue weighted by molar-refractivity contribution is 0.194. The Balaban J connectivity index is 1.63. The number of nitrogens with one attached hydrogen (secondary N) is 1. The van der Waals surface area contributed by atoms with Crippen LogP contribution in [0.1, 0.15) is 23.6 Å². The fourth-order valence-corrected chi connectivity index (χ4v) is 2.46. The van der Waals surface area contributed by atoms with Gasteiger partial charge in [-0.2, -0.15) is 5.10 Å². The van der Waals surface area contributed by atoms with E-state index in [2.05, 4.69) is 10.4 Å². The molecule has 2 aromatic heterocycles. The lowest BCUT2D eigenvalue weighted by atomic mass is 10.3. The standard InChI is InChI=1S/C14H18N4O3/c19-10-11-7-12-9-17(4-2-5-18(12)16-11)14(20)15-8-13-3-1-6-21-13/h1,3,6-7,19H,2,4-5,8-10H2,(H,15,20). The first-order valence-electron chi connectivity index (χ1n) is 6.98. The molecule has 7 nitrogen and oxygen atoms in total. The van der Waals surface area contributed by atoms with Gasteiger partial charge in [0, 0.05) is 13.1 Å². The van der Waals surface area contributed by atoms with Crippen LogP contribution in [0.25, 0.3) is 0 Å². The van der Waals surface area contributed by atoms with Crippen LogP contribution in [-0.4, -0.2) is 32.4 Å². The van der Waals surface area contributed by atoms with Crippen molar-refractivity contribution in [3.8, 4) is 0 Å². The van der Waals surface area contributed by atoms with E-state index in [4.69, 9.17) is 9.52 Å². The van der Waals surface area contributed by atoms with Gasteiger partial charge in [0.05, 0.1) is 37.3 Å². The van der Waals surface area contributed by atoms with Crippen molar-refractivity contribution in [3.63, 3.8) is 0 Å². The fraction of sp³-hybridized carbons (Fsp3) is 0.429. The predicted molar refractivity (Wildman–Crippen MR) is 74.1 cm³/mol. The van der Waals surface area contributed by atoms with E-state index in [0.717, 1.165) is 24.4 Å². The van der Waals surface area contributed by atoms with Crippen molar-refractivity contribution in [3.05, 3.63) is 41.6 Å². The van der Waals surface area contributed by atoms with Gasteiger partial charge in [0.25, 0.3) is 0 Å². The SMILES string of the molecule is O=C(NCc1ccco1)N1CCCn2nc(CO)cc2C1. The Bertz CT molecular complexity index is 606. The topological polar surface area (TPSA) is 83.5 Å². The Kier molecular flexibility index (Phi) is 3.92. The van der Waals surface area contributed by atoms with Gasteiger partial charge in [0.15, 0.2) is 0 Å². The van der Waals surface area contributed by atoms with Gasteiger partial charge >= 0.3 is 6.03 Å². The highest BCUT2D eigenvalue weighted by Gasteiger charge is 2.20. The number of carbonyl (C=O) groups excluding carboxylic acids is 1. The van der Waals surface area contributed by atoms with E-state index < -0.39 is 0 Å². The highest BCUT2D eigenvalue weighted by atomic mass is 16.3. The zero-order valence-electron chi connectivity index (χ0n) is 11.7. The molecular weight excluding hydrogens is 272 g/mol. The van der Waals surface area contributed by atoms with Crippen LogP contribution in [0.2, 0.25) is 0 Å². The number of amides is 2. The number of hydrogen-bond donors (Lipinski definition) is 2. The van der Waals surface area contributed by atoms with Gasteiger partial charge in [-0.3, -0.25) is 4.68 Å². The molecule has 0 saturated heterocycles. The third kappa shape index (κ3) is 3.08. The largest absolute Gasteiger partial charge is 0.467 e. The number of hydrogen-bond acceptors (Lipinski definition) is 4. The number of rotatable bonds is 3. The molecule has 0 unspecified atom stereocenters. The van der Waals surface area contributed by atoms with Gasteiger partial charge in [-0.1, -0.05) is 0 Å². The molecule has 0 bridgehead atoms. The molecule has 2 N–H and O–H groups in total. The molecule has 112 valence electrons. The Morgan fingerprint density at radius 3 is 3.14 bits per heavy atom. The van der Waals surface area contributed by atoms with Gasteiger partial charge in [-0.25, -0.2) is 4.79 Å². The van der Waals surface area contributed by atoms with Gasteiger partial charge in [0.1, 0.15) is 5.76 Å². The summed E-state index contributed by atoms with van der Waals surface area (Å²) in [5.74, 6) is 0.728. The molecule has 0 aromatic carbocycles. The van der Waals surface area contributed by atoms with Crippen molar-refractivity contribution in [2.45, 2.75) is 32.7 Å². The van der Waals surface area contributed by atoms with Crippen LogP contribution in [0.3, 0.4) is 0 Å². The molecule has 1 aliphatic heterocycles. The van der Waals surface area contributed by atoms with Gasteiger partial charge < -0.3 is 19.7 Å². The minimum atomic E-state index is -0.119. The number of furan rings is 1. The predicted octanol–water partition coefficient (Wildman–Crippen LogP) is 1.08. The number of nitrogens with zero attached hydrogens (tertiary/aromatic N) is 3. The monoisotopic (exact) mass is 290 g/mol. The molecule has 0 spiro atoms. The molecule has 0 saturated carbocycles. The molecule has 1 aliphatic rings. The lowest BCUT2D eigenvalue weighted by Gasteiger charge is -2.20. The Hall–Kier alpha value is -2.28.